The molecular weight excluding hydrogens is 308 g/mol. The van der Waals surface area contributed by atoms with E-state index in [4.69, 9.17) is 0 Å². The smallest absolute Gasteiger partial charge is 0.0987 e. The molecule has 0 aliphatic heterocycles. The van der Waals surface area contributed by atoms with E-state index in [1.54, 1.807) is 0 Å². The van der Waals surface area contributed by atoms with E-state index in [-0.39, 0.29) is 12.1 Å². The molecule has 1 fully saturated rings. The van der Waals surface area contributed by atoms with E-state index in [0.717, 1.165) is 24.0 Å². The van der Waals surface area contributed by atoms with Gasteiger partial charge < -0.3 is 5.11 Å². The highest BCUT2D eigenvalue weighted by Gasteiger charge is 2.30. The zero-order valence-electron chi connectivity index (χ0n) is 14.5. The second-order valence-corrected chi connectivity index (χ2v) is 6.92. The summed E-state index contributed by atoms with van der Waals surface area (Å²) in [5, 5.41) is 24.2. The molecule has 0 unspecified atom stereocenters. The van der Waals surface area contributed by atoms with Crippen molar-refractivity contribution >= 4 is 0 Å². The second kappa shape index (κ2) is 8.80. The Morgan fingerprint density at radius 1 is 0.880 bits per heavy atom. The van der Waals surface area contributed by atoms with Crippen molar-refractivity contribution in [3.05, 3.63) is 71.8 Å². The van der Waals surface area contributed by atoms with Crippen LogP contribution in [0.2, 0.25) is 0 Å². The summed E-state index contributed by atoms with van der Waals surface area (Å²) in [5.74, 6) is 0.368. The largest absolute Gasteiger partial charge is 0.386 e. The van der Waals surface area contributed by atoms with Gasteiger partial charge in [0, 0.05) is 0 Å². The lowest BCUT2D eigenvalue weighted by atomic mass is 9.83. The van der Waals surface area contributed by atoms with Crippen LogP contribution in [0.1, 0.15) is 55.4 Å². The molecule has 3 rings (SSSR count). The molecule has 0 saturated heterocycles. The lowest BCUT2D eigenvalue weighted by molar-refractivity contribution is 0.117. The highest BCUT2D eigenvalue weighted by Crippen LogP contribution is 2.32. The van der Waals surface area contributed by atoms with Crippen LogP contribution in [0.5, 0.6) is 0 Å². The Kier molecular flexibility index (Phi) is 6.22. The van der Waals surface area contributed by atoms with Gasteiger partial charge in [-0.05, 0) is 29.9 Å². The van der Waals surface area contributed by atoms with Crippen molar-refractivity contribution in [1.29, 1.82) is 5.26 Å². The predicted octanol–water partition coefficient (Wildman–Crippen LogP) is 4.52. The first-order valence-electron chi connectivity index (χ1n) is 9.23. The summed E-state index contributed by atoms with van der Waals surface area (Å²) < 4.78 is 0. The minimum Gasteiger partial charge on any atom is -0.386 e. The van der Waals surface area contributed by atoms with Crippen LogP contribution in [0.4, 0.5) is 0 Å². The highest BCUT2D eigenvalue weighted by molar-refractivity contribution is 5.26. The highest BCUT2D eigenvalue weighted by atomic mass is 16.3. The van der Waals surface area contributed by atoms with Crippen molar-refractivity contribution in [2.75, 3.05) is 0 Å². The summed E-state index contributed by atoms with van der Waals surface area (Å²) >= 11 is 0. The zero-order valence-corrected chi connectivity index (χ0v) is 14.5. The van der Waals surface area contributed by atoms with Gasteiger partial charge in [-0.1, -0.05) is 79.9 Å². The molecule has 0 bridgehead atoms. The molecule has 130 valence electrons. The Morgan fingerprint density at radius 2 is 1.44 bits per heavy atom. The maximum atomic E-state index is 11.0. The molecule has 0 spiro atoms. The van der Waals surface area contributed by atoms with E-state index in [0.29, 0.717) is 5.92 Å². The summed E-state index contributed by atoms with van der Waals surface area (Å²) in [4.78, 5) is 0. The van der Waals surface area contributed by atoms with Gasteiger partial charge in [0.1, 0.15) is 0 Å². The summed E-state index contributed by atoms with van der Waals surface area (Å²) in [6.45, 7) is 0. The van der Waals surface area contributed by atoms with Crippen LogP contribution in [0.15, 0.2) is 60.7 Å². The first kappa shape index (κ1) is 17.7. The number of nitrogens with zero attached hydrogens (tertiary/aromatic N) is 1. The molecule has 2 N–H and O–H groups in total. The summed E-state index contributed by atoms with van der Waals surface area (Å²) in [5.41, 5.74) is 1.87. The minimum atomic E-state index is -0.692. The van der Waals surface area contributed by atoms with E-state index in [2.05, 4.69) is 11.4 Å². The van der Waals surface area contributed by atoms with Crippen molar-refractivity contribution in [2.24, 2.45) is 5.92 Å². The average molecular weight is 334 g/mol. The van der Waals surface area contributed by atoms with Gasteiger partial charge in [0.25, 0.3) is 0 Å². The topological polar surface area (TPSA) is 56.0 Å². The van der Waals surface area contributed by atoms with Gasteiger partial charge in [-0.25, -0.2) is 0 Å². The summed E-state index contributed by atoms with van der Waals surface area (Å²) in [6, 6.07) is 21.6. The molecule has 1 aliphatic rings. The first-order chi connectivity index (χ1) is 12.3. The molecular formula is C22H26N2O. The SMILES string of the molecule is N#C[C@H](N[C@H](c1ccccc1)[C@@H](O)c1ccccc1)C1CCCCC1. The number of rotatable bonds is 6. The van der Waals surface area contributed by atoms with E-state index in [1.807, 2.05) is 60.7 Å². The monoisotopic (exact) mass is 334 g/mol. The van der Waals surface area contributed by atoms with Crippen LogP contribution in [-0.4, -0.2) is 11.1 Å². The van der Waals surface area contributed by atoms with E-state index in [9.17, 15) is 10.4 Å². The maximum absolute atomic E-state index is 11.0. The van der Waals surface area contributed by atoms with Gasteiger partial charge in [-0.3, -0.25) is 5.32 Å². The Morgan fingerprint density at radius 3 is 2.00 bits per heavy atom. The Hall–Kier alpha value is -2.15. The third kappa shape index (κ3) is 4.48. The van der Waals surface area contributed by atoms with Gasteiger partial charge >= 0.3 is 0 Å². The molecule has 3 heteroatoms. The van der Waals surface area contributed by atoms with Gasteiger partial charge in [0.15, 0.2) is 0 Å². The average Bonchev–Trinajstić information content (AvgIpc) is 2.70. The number of aliphatic hydroxyl groups is 1. The maximum Gasteiger partial charge on any atom is 0.0987 e. The van der Waals surface area contributed by atoms with Crippen LogP contribution < -0.4 is 5.32 Å². The van der Waals surface area contributed by atoms with Gasteiger partial charge in [0.05, 0.1) is 24.3 Å². The van der Waals surface area contributed by atoms with E-state index in [1.165, 1.54) is 19.3 Å². The van der Waals surface area contributed by atoms with Crippen LogP contribution in [0, 0.1) is 17.2 Å². The molecule has 2 aromatic rings. The molecule has 0 radical (unpaired) electrons. The minimum absolute atomic E-state index is 0.233. The third-order valence-corrected chi connectivity index (χ3v) is 5.23. The number of aliphatic hydroxyl groups excluding tert-OH is 1. The van der Waals surface area contributed by atoms with Crippen molar-refractivity contribution in [2.45, 2.75) is 50.3 Å². The molecule has 3 nitrogen and oxygen atoms in total. The van der Waals surface area contributed by atoms with Gasteiger partial charge in [-0.15, -0.1) is 0 Å². The number of nitrogens with one attached hydrogen (secondary N) is 1. The number of hydrogen-bond donors (Lipinski definition) is 2. The zero-order chi connectivity index (χ0) is 17.5. The van der Waals surface area contributed by atoms with Crippen LogP contribution in [-0.2, 0) is 0 Å². The molecule has 1 saturated carbocycles. The van der Waals surface area contributed by atoms with E-state index < -0.39 is 6.10 Å². The molecule has 25 heavy (non-hydrogen) atoms. The Bertz CT molecular complexity index is 674. The first-order valence-corrected chi connectivity index (χ1v) is 9.23. The van der Waals surface area contributed by atoms with Crippen molar-refractivity contribution in [3.8, 4) is 6.07 Å². The molecule has 0 aromatic heterocycles. The second-order valence-electron chi connectivity index (χ2n) is 6.92. The number of hydrogen-bond acceptors (Lipinski definition) is 3. The van der Waals surface area contributed by atoms with Crippen molar-refractivity contribution < 1.29 is 5.11 Å². The molecule has 3 atom stereocenters. The van der Waals surface area contributed by atoms with Crippen molar-refractivity contribution in [1.82, 2.24) is 5.32 Å². The Labute approximate surface area is 150 Å². The van der Waals surface area contributed by atoms with Crippen LogP contribution in [0.3, 0.4) is 0 Å². The summed E-state index contributed by atoms with van der Waals surface area (Å²) in [6.07, 6.45) is 5.15. The molecule has 0 heterocycles. The lowest BCUT2D eigenvalue weighted by Crippen LogP contribution is -2.40. The Balaban J connectivity index is 1.84. The van der Waals surface area contributed by atoms with Gasteiger partial charge in [0.2, 0.25) is 0 Å². The van der Waals surface area contributed by atoms with Crippen LogP contribution in [0.25, 0.3) is 0 Å². The normalized spacial score (nSPS) is 18.9. The predicted molar refractivity (Wildman–Crippen MR) is 99.7 cm³/mol. The number of benzene rings is 2. The fourth-order valence-electron chi connectivity index (χ4n) is 3.81. The lowest BCUT2D eigenvalue weighted by Gasteiger charge is -2.32. The standard InChI is InChI=1S/C22H26N2O/c23-16-20(17-10-4-1-5-11-17)24-21(18-12-6-2-7-13-18)22(25)19-14-8-3-9-15-19/h2-3,6-9,12-15,17,20-22,24-25H,1,4-5,10-11H2/t20-,21+,22-/m0/s1. The van der Waals surface area contributed by atoms with Crippen LogP contribution >= 0.6 is 0 Å². The van der Waals surface area contributed by atoms with Crippen molar-refractivity contribution in [3.63, 3.8) is 0 Å². The molecule has 0 amide bonds. The summed E-state index contributed by atoms with van der Waals surface area (Å²) in [7, 11) is 0. The number of nitriles is 1. The van der Waals surface area contributed by atoms with Gasteiger partial charge in [-0.2, -0.15) is 5.26 Å². The third-order valence-electron chi connectivity index (χ3n) is 5.23. The molecule has 2 aromatic carbocycles. The fraction of sp³-hybridized carbons (Fsp3) is 0.409. The molecule has 1 aliphatic carbocycles. The quantitative estimate of drug-likeness (QED) is 0.816. The van der Waals surface area contributed by atoms with E-state index >= 15 is 0 Å². The fourth-order valence-corrected chi connectivity index (χ4v) is 3.81.